The first-order valence-corrected chi connectivity index (χ1v) is 7.72. The number of carbonyl (C=O) groups is 1. The van der Waals surface area contributed by atoms with Crippen LogP contribution in [0.3, 0.4) is 0 Å². The highest BCUT2D eigenvalue weighted by atomic mass is 79.9. The van der Waals surface area contributed by atoms with Gasteiger partial charge in [0.25, 0.3) is 0 Å². The smallest absolute Gasteiger partial charge is 0.328 e. The Hall–Kier alpha value is -0.390. The molecule has 0 aliphatic carbocycles. The predicted molar refractivity (Wildman–Crippen MR) is 79.0 cm³/mol. The van der Waals surface area contributed by atoms with Gasteiger partial charge in [-0.3, -0.25) is 5.32 Å². The lowest BCUT2D eigenvalue weighted by atomic mass is 10.2. The molecule has 0 aliphatic rings. The molecule has 0 saturated heterocycles. The Morgan fingerprint density at radius 2 is 2.22 bits per heavy atom. The minimum Gasteiger partial charge on any atom is -0.465 e. The number of ether oxygens (including phenoxy) is 1. The number of rotatable bonds is 6. The molecular weight excluding hydrogens is 314 g/mol. The fraction of sp³-hybridized carbons (Fsp3) is 0.615. The van der Waals surface area contributed by atoms with Gasteiger partial charge in [0, 0.05) is 14.2 Å². The van der Waals surface area contributed by atoms with Crippen LogP contribution < -0.4 is 5.32 Å². The molecule has 3 nitrogen and oxygen atoms in total. The van der Waals surface area contributed by atoms with Gasteiger partial charge < -0.3 is 4.74 Å². The maximum Gasteiger partial charge on any atom is 0.328 e. The van der Waals surface area contributed by atoms with Gasteiger partial charge in [-0.05, 0) is 48.3 Å². The summed E-state index contributed by atoms with van der Waals surface area (Å²) in [4.78, 5) is 14.2. The highest BCUT2D eigenvalue weighted by Crippen LogP contribution is 2.31. The van der Waals surface area contributed by atoms with Crippen molar-refractivity contribution < 1.29 is 9.53 Å². The van der Waals surface area contributed by atoms with Gasteiger partial charge in [0.1, 0.15) is 6.04 Å². The molecule has 18 heavy (non-hydrogen) atoms. The first-order chi connectivity index (χ1) is 8.45. The quantitative estimate of drug-likeness (QED) is 0.807. The van der Waals surface area contributed by atoms with Crippen molar-refractivity contribution in [3.8, 4) is 0 Å². The van der Waals surface area contributed by atoms with E-state index in [-0.39, 0.29) is 12.0 Å². The van der Waals surface area contributed by atoms with Crippen molar-refractivity contribution in [1.82, 2.24) is 5.32 Å². The Balaban J connectivity index is 2.85. The molecule has 0 aliphatic heterocycles. The van der Waals surface area contributed by atoms with E-state index in [9.17, 15) is 4.79 Å². The maximum atomic E-state index is 12.0. The number of nitrogens with one attached hydrogen (secondary N) is 1. The van der Waals surface area contributed by atoms with Gasteiger partial charge in [-0.1, -0.05) is 13.8 Å². The number of hydrogen-bond donors (Lipinski definition) is 1. The van der Waals surface area contributed by atoms with Crippen LogP contribution in [0.1, 0.15) is 36.6 Å². The van der Waals surface area contributed by atoms with Crippen molar-refractivity contribution in [2.24, 2.45) is 5.92 Å². The fourth-order valence-electron chi connectivity index (χ4n) is 1.50. The molecule has 0 spiro atoms. The Bertz CT molecular complexity index is 384. The molecule has 102 valence electrons. The second-order valence-corrected chi connectivity index (χ2v) is 6.68. The minimum absolute atomic E-state index is 0.202. The summed E-state index contributed by atoms with van der Waals surface area (Å²) in [5, 5.41) is 3.28. The zero-order chi connectivity index (χ0) is 13.7. The molecular formula is C13H20BrNO2S. The Kier molecular flexibility index (Phi) is 6.32. The SMILES string of the molecule is CCOC(=O)C(NCC(C)C)c1cc(Br)c(C)s1. The van der Waals surface area contributed by atoms with E-state index in [0.717, 1.165) is 15.9 Å². The van der Waals surface area contributed by atoms with Gasteiger partial charge in [-0.25, -0.2) is 4.79 Å². The molecule has 1 aromatic heterocycles. The van der Waals surface area contributed by atoms with Crippen LogP contribution in [0.15, 0.2) is 10.5 Å². The number of aryl methyl sites for hydroxylation is 1. The summed E-state index contributed by atoms with van der Waals surface area (Å²) in [6.07, 6.45) is 0. The Morgan fingerprint density at radius 1 is 1.56 bits per heavy atom. The van der Waals surface area contributed by atoms with Gasteiger partial charge in [-0.15, -0.1) is 11.3 Å². The van der Waals surface area contributed by atoms with Gasteiger partial charge in [0.2, 0.25) is 0 Å². The third-order valence-corrected chi connectivity index (χ3v) is 4.61. The van der Waals surface area contributed by atoms with E-state index in [4.69, 9.17) is 4.74 Å². The molecule has 0 saturated carbocycles. The summed E-state index contributed by atoms with van der Waals surface area (Å²) in [5.41, 5.74) is 0. The number of esters is 1. The summed E-state index contributed by atoms with van der Waals surface area (Å²) < 4.78 is 6.17. The molecule has 1 aromatic rings. The van der Waals surface area contributed by atoms with Crippen molar-refractivity contribution in [3.05, 3.63) is 20.3 Å². The van der Waals surface area contributed by atoms with E-state index in [1.165, 1.54) is 4.88 Å². The zero-order valence-electron chi connectivity index (χ0n) is 11.2. The molecule has 1 unspecified atom stereocenters. The van der Waals surface area contributed by atoms with Gasteiger partial charge in [-0.2, -0.15) is 0 Å². The first-order valence-electron chi connectivity index (χ1n) is 6.11. The van der Waals surface area contributed by atoms with Crippen LogP contribution in [0, 0.1) is 12.8 Å². The molecule has 5 heteroatoms. The normalized spacial score (nSPS) is 12.8. The van der Waals surface area contributed by atoms with Crippen LogP contribution in [-0.2, 0) is 9.53 Å². The largest absolute Gasteiger partial charge is 0.465 e. The van der Waals surface area contributed by atoms with Crippen LogP contribution in [0.5, 0.6) is 0 Å². The second-order valence-electron chi connectivity index (χ2n) is 4.54. The van der Waals surface area contributed by atoms with E-state index in [1.807, 2.05) is 19.9 Å². The third kappa shape index (κ3) is 4.37. The fourth-order valence-corrected chi connectivity index (χ4v) is 3.13. The number of carbonyl (C=O) groups excluding carboxylic acids is 1. The standard InChI is InChI=1S/C13H20BrNO2S/c1-5-17-13(16)12(15-7-8(2)3)11-6-10(14)9(4)18-11/h6,8,12,15H,5,7H2,1-4H3. The van der Waals surface area contributed by atoms with Crippen LogP contribution in [-0.4, -0.2) is 19.1 Å². The van der Waals surface area contributed by atoms with Crippen molar-refractivity contribution in [1.29, 1.82) is 0 Å². The lowest BCUT2D eigenvalue weighted by molar-refractivity contribution is -0.145. The predicted octanol–water partition coefficient (Wildman–Crippen LogP) is 3.67. The van der Waals surface area contributed by atoms with Crippen molar-refractivity contribution in [2.45, 2.75) is 33.7 Å². The molecule has 0 radical (unpaired) electrons. The molecule has 1 heterocycles. The summed E-state index contributed by atoms with van der Waals surface area (Å²) >= 11 is 5.10. The molecule has 1 N–H and O–H groups in total. The van der Waals surface area contributed by atoms with Gasteiger partial charge in [0.15, 0.2) is 0 Å². The molecule has 0 fully saturated rings. The lowest BCUT2D eigenvalue weighted by Crippen LogP contribution is -2.32. The van der Waals surface area contributed by atoms with Crippen LogP contribution in [0.2, 0.25) is 0 Å². The number of halogens is 1. The molecule has 0 amide bonds. The number of hydrogen-bond acceptors (Lipinski definition) is 4. The van der Waals surface area contributed by atoms with E-state index in [2.05, 4.69) is 35.1 Å². The zero-order valence-corrected chi connectivity index (χ0v) is 13.7. The highest BCUT2D eigenvalue weighted by molar-refractivity contribution is 9.10. The van der Waals surface area contributed by atoms with Crippen LogP contribution in [0.4, 0.5) is 0 Å². The Morgan fingerprint density at radius 3 is 2.67 bits per heavy atom. The third-order valence-electron chi connectivity index (χ3n) is 2.41. The van der Waals surface area contributed by atoms with Crippen molar-refractivity contribution in [2.75, 3.05) is 13.2 Å². The van der Waals surface area contributed by atoms with Gasteiger partial charge >= 0.3 is 5.97 Å². The van der Waals surface area contributed by atoms with Crippen LogP contribution >= 0.6 is 27.3 Å². The first kappa shape index (κ1) is 15.7. The molecule has 0 aromatic carbocycles. The minimum atomic E-state index is -0.359. The molecule has 1 atom stereocenters. The average Bonchev–Trinajstić information content (AvgIpc) is 2.59. The van der Waals surface area contributed by atoms with Crippen molar-refractivity contribution >= 4 is 33.2 Å². The van der Waals surface area contributed by atoms with E-state index in [0.29, 0.717) is 12.5 Å². The van der Waals surface area contributed by atoms with E-state index in [1.54, 1.807) is 11.3 Å². The summed E-state index contributed by atoms with van der Waals surface area (Å²) in [6, 6.07) is 1.64. The second kappa shape index (κ2) is 7.26. The topological polar surface area (TPSA) is 38.3 Å². The molecule has 1 rings (SSSR count). The van der Waals surface area contributed by atoms with E-state index >= 15 is 0 Å². The summed E-state index contributed by atoms with van der Waals surface area (Å²) in [5.74, 6) is 0.290. The summed E-state index contributed by atoms with van der Waals surface area (Å²) in [6.45, 7) is 9.29. The Labute approximate surface area is 121 Å². The lowest BCUT2D eigenvalue weighted by Gasteiger charge is -2.17. The van der Waals surface area contributed by atoms with Crippen LogP contribution in [0.25, 0.3) is 0 Å². The maximum absolute atomic E-state index is 12.0. The van der Waals surface area contributed by atoms with Crippen molar-refractivity contribution in [3.63, 3.8) is 0 Å². The van der Waals surface area contributed by atoms with Gasteiger partial charge in [0.05, 0.1) is 6.61 Å². The average molecular weight is 334 g/mol. The molecule has 0 bridgehead atoms. The summed E-state index contributed by atoms with van der Waals surface area (Å²) in [7, 11) is 0. The number of thiophene rings is 1. The van der Waals surface area contributed by atoms with E-state index < -0.39 is 0 Å². The monoisotopic (exact) mass is 333 g/mol. The highest BCUT2D eigenvalue weighted by Gasteiger charge is 2.24.